The molecular weight excluding hydrogens is 316 g/mol. The van der Waals surface area contributed by atoms with Crippen molar-refractivity contribution in [3.8, 4) is 0 Å². The molecule has 3 aromatic heterocycles. The Morgan fingerprint density at radius 3 is 2.60 bits per heavy atom. The van der Waals surface area contributed by atoms with Gasteiger partial charge in [0.05, 0.1) is 23.9 Å². The van der Waals surface area contributed by atoms with Crippen molar-refractivity contribution in [2.45, 2.75) is 40.8 Å². The fourth-order valence-corrected chi connectivity index (χ4v) is 2.76. The van der Waals surface area contributed by atoms with Crippen molar-refractivity contribution in [3.05, 3.63) is 41.9 Å². The summed E-state index contributed by atoms with van der Waals surface area (Å²) in [4.78, 5) is 25.4. The van der Waals surface area contributed by atoms with E-state index in [1.165, 1.54) is 0 Å². The molecule has 0 saturated carbocycles. The molecule has 3 aromatic rings. The van der Waals surface area contributed by atoms with Crippen LogP contribution >= 0.6 is 0 Å². The van der Waals surface area contributed by atoms with Crippen LogP contribution in [-0.4, -0.2) is 36.5 Å². The monoisotopic (exact) mass is 340 g/mol. The van der Waals surface area contributed by atoms with Gasteiger partial charge in [-0.3, -0.25) is 4.79 Å². The second kappa shape index (κ2) is 7.04. The molecule has 0 aliphatic carbocycles. The smallest absolute Gasteiger partial charge is 0.252 e. The fraction of sp³-hybridized carbons (Fsp3) is 0.444. The number of aryl methyl sites for hydroxylation is 1. The lowest BCUT2D eigenvalue weighted by atomic mass is 10.2. The Labute approximate surface area is 147 Å². The van der Waals surface area contributed by atoms with E-state index in [4.69, 9.17) is 0 Å². The molecule has 0 spiro atoms. The normalized spacial score (nSPS) is 11.4. The van der Waals surface area contributed by atoms with Gasteiger partial charge < -0.3 is 14.5 Å². The maximum Gasteiger partial charge on any atom is 0.252 e. The summed E-state index contributed by atoms with van der Waals surface area (Å²) < 4.78 is 4.05. The lowest BCUT2D eigenvalue weighted by Gasteiger charge is -2.08. The number of hydrogen-bond donors (Lipinski definition) is 1. The van der Waals surface area contributed by atoms with Gasteiger partial charge >= 0.3 is 0 Å². The molecule has 3 heterocycles. The highest BCUT2D eigenvalue weighted by Gasteiger charge is 2.11. The third-order valence-corrected chi connectivity index (χ3v) is 4.26. The van der Waals surface area contributed by atoms with E-state index < -0.39 is 0 Å². The molecule has 0 atom stereocenters. The van der Waals surface area contributed by atoms with Gasteiger partial charge in [0.2, 0.25) is 0 Å². The van der Waals surface area contributed by atoms with E-state index in [1.807, 2.05) is 23.0 Å². The first-order valence-electron chi connectivity index (χ1n) is 8.53. The zero-order chi connectivity index (χ0) is 18.0. The third-order valence-electron chi connectivity index (χ3n) is 4.26. The third kappa shape index (κ3) is 3.70. The minimum absolute atomic E-state index is 0.137. The minimum Gasteiger partial charge on any atom is -0.350 e. The summed E-state index contributed by atoms with van der Waals surface area (Å²) in [6, 6.07) is 1.79. The molecule has 0 aliphatic heterocycles. The molecule has 132 valence electrons. The molecule has 0 unspecified atom stereocenters. The summed E-state index contributed by atoms with van der Waals surface area (Å²) in [5.74, 6) is 0.375. The molecule has 7 nitrogen and oxygen atoms in total. The van der Waals surface area contributed by atoms with Crippen LogP contribution in [0.25, 0.3) is 11.2 Å². The number of rotatable bonds is 6. The van der Waals surface area contributed by atoms with Crippen LogP contribution in [0.5, 0.6) is 0 Å². The topological polar surface area (TPSA) is 77.6 Å². The lowest BCUT2D eigenvalue weighted by molar-refractivity contribution is 0.0952. The van der Waals surface area contributed by atoms with Gasteiger partial charge in [0.15, 0.2) is 5.65 Å². The molecule has 0 aromatic carbocycles. The van der Waals surface area contributed by atoms with Crippen LogP contribution in [0.2, 0.25) is 0 Å². The van der Waals surface area contributed by atoms with Crippen LogP contribution in [-0.2, 0) is 13.1 Å². The van der Waals surface area contributed by atoms with Crippen LogP contribution in [0.15, 0.2) is 24.9 Å². The number of carbonyl (C=O) groups is 1. The van der Waals surface area contributed by atoms with Crippen molar-refractivity contribution in [2.75, 3.05) is 6.54 Å². The number of carbonyl (C=O) groups excluding carboxylic acids is 1. The summed E-state index contributed by atoms with van der Waals surface area (Å²) >= 11 is 0. The molecule has 1 N–H and O–H groups in total. The zero-order valence-corrected chi connectivity index (χ0v) is 15.2. The van der Waals surface area contributed by atoms with Crippen molar-refractivity contribution in [1.82, 2.24) is 29.4 Å². The predicted octanol–water partition coefficient (Wildman–Crippen LogP) is 2.33. The average Bonchev–Trinajstić information content (AvgIpc) is 3.12. The highest BCUT2D eigenvalue weighted by atomic mass is 16.1. The quantitative estimate of drug-likeness (QED) is 0.747. The fourth-order valence-electron chi connectivity index (χ4n) is 2.76. The van der Waals surface area contributed by atoms with Crippen LogP contribution in [0, 0.1) is 19.8 Å². The molecule has 0 radical (unpaired) electrons. The minimum atomic E-state index is -0.137. The van der Waals surface area contributed by atoms with Crippen molar-refractivity contribution in [3.63, 3.8) is 0 Å². The molecule has 25 heavy (non-hydrogen) atoms. The predicted molar refractivity (Wildman–Crippen MR) is 96.4 cm³/mol. The standard InChI is InChI=1S/C18H24N6O/c1-12(2)9-24-11-22-16-7-15(8-20-17(16)24)18(25)19-5-6-23-10-21-13(3)14(23)4/h7-8,10-12H,5-6,9H2,1-4H3,(H,19,25). The van der Waals surface area contributed by atoms with Crippen LogP contribution in [0.1, 0.15) is 35.6 Å². The molecule has 0 aliphatic rings. The van der Waals surface area contributed by atoms with Crippen molar-refractivity contribution >= 4 is 17.1 Å². The molecule has 1 amide bonds. The number of pyridine rings is 1. The van der Waals surface area contributed by atoms with Gasteiger partial charge in [0.1, 0.15) is 5.52 Å². The van der Waals surface area contributed by atoms with E-state index >= 15 is 0 Å². The first kappa shape index (κ1) is 17.1. The summed E-state index contributed by atoms with van der Waals surface area (Å²) in [6.07, 6.45) is 5.19. The average molecular weight is 340 g/mol. The van der Waals surface area contributed by atoms with Crippen LogP contribution in [0.3, 0.4) is 0 Å². The number of fused-ring (bicyclic) bond motifs is 1. The van der Waals surface area contributed by atoms with E-state index in [1.54, 1.807) is 24.9 Å². The lowest BCUT2D eigenvalue weighted by Crippen LogP contribution is -2.27. The number of amides is 1. The first-order valence-corrected chi connectivity index (χ1v) is 8.53. The van der Waals surface area contributed by atoms with Gasteiger partial charge in [-0.1, -0.05) is 13.8 Å². The van der Waals surface area contributed by atoms with Gasteiger partial charge in [-0.25, -0.2) is 15.0 Å². The number of imidazole rings is 2. The van der Waals surface area contributed by atoms with E-state index in [9.17, 15) is 4.79 Å². The Bertz CT molecular complexity index is 892. The first-order chi connectivity index (χ1) is 12.0. The molecule has 3 rings (SSSR count). The van der Waals surface area contributed by atoms with Crippen LogP contribution < -0.4 is 5.32 Å². The van der Waals surface area contributed by atoms with E-state index in [0.29, 0.717) is 24.6 Å². The summed E-state index contributed by atoms with van der Waals surface area (Å²) in [5, 5.41) is 2.93. The van der Waals surface area contributed by atoms with E-state index in [2.05, 4.69) is 34.1 Å². The Morgan fingerprint density at radius 1 is 1.16 bits per heavy atom. The molecule has 7 heteroatoms. The molecule has 0 bridgehead atoms. The molecular formula is C18H24N6O. The summed E-state index contributed by atoms with van der Waals surface area (Å²) in [6.45, 7) is 10.4. The second-order valence-corrected chi connectivity index (χ2v) is 6.72. The second-order valence-electron chi connectivity index (χ2n) is 6.72. The van der Waals surface area contributed by atoms with Gasteiger partial charge in [-0.15, -0.1) is 0 Å². The van der Waals surface area contributed by atoms with E-state index in [0.717, 1.165) is 29.1 Å². The largest absolute Gasteiger partial charge is 0.350 e. The molecule has 0 saturated heterocycles. The Kier molecular flexibility index (Phi) is 4.83. The van der Waals surface area contributed by atoms with Gasteiger partial charge in [-0.05, 0) is 25.8 Å². The summed E-state index contributed by atoms with van der Waals surface area (Å²) in [7, 11) is 0. The van der Waals surface area contributed by atoms with Gasteiger partial charge in [0, 0.05) is 31.5 Å². The van der Waals surface area contributed by atoms with Gasteiger partial charge in [0.25, 0.3) is 5.91 Å². The number of nitrogens with zero attached hydrogens (tertiary/aromatic N) is 5. The van der Waals surface area contributed by atoms with E-state index in [-0.39, 0.29) is 5.91 Å². The Morgan fingerprint density at radius 2 is 1.92 bits per heavy atom. The number of nitrogens with one attached hydrogen (secondary N) is 1. The highest BCUT2D eigenvalue weighted by molar-refractivity contribution is 5.96. The zero-order valence-electron chi connectivity index (χ0n) is 15.2. The maximum absolute atomic E-state index is 12.3. The summed E-state index contributed by atoms with van der Waals surface area (Å²) in [5.41, 5.74) is 4.22. The van der Waals surface area contributed by atoms with Crippen molar-refractivity contribution in [2.24, 2.45) is 5.92 Å². The van der Waals surface area contributed by atoms with Crippen LogP contribution in [0.4, 0.5) is 0 Å². The van der Waals surface area contributed by atoms with Crippen molar-refractivity contribution in [1.29, 1.82) is 0 Å². The SMILES string of the molecule is Cc1ncn(CCNC(=O)c2cnc3c(c2)ncn3CC(C)C)c1C. The Balaban J connectivity index is 1.65. The maximum atomic E-state index is 12.3. The highest BCUT2D eigenvalue weighted by Crippen LogP contribution is 2.13. The number of hydrogen-bond acceptors (Lipinski definition) is 4. The Hall–Kier alpha value is -2.70. The van der Waals surface area contributed by atoms with Crippen molar-refractivity contribution < 1.29 is 4.79 Å². The van der Waals surface area contributed by atoms with Gasteiger partial charge in [-0.2, -0.15) is 0 Å². The molecule has 0 fully saturated rings. The number of aromatic nitrogens is 5.